The van der Waals surface area contributed by atoms with Crippen LogP contribution in [0.3, 0.4) is 0 Å². The molecule has 0 spiro atoms. The van der Waals surface area contributed by atoms with Gasteiger partial charge in [-0.2, -0.15) is 0 Å². The number of rotatable bonds is 9. The van der Waals surface area contributed by atoms with E-state index in [1.165, 1.54) is 0 Å². The molecule has 0 saturated heterocycles. The molecule has 0 aliphatic heterocycles. The number of nitrogens with one attached hydrogen (secondary N) is 1. The SMILES string of the molecule is COc1ccc(CCNC(=O)/C=C/c2ccc(OCc3csc(C)n3)cc2)cc1. The third-order valence-corrected chi connectivity index (χ3v) is 5.05. The van der Waals surface area contributed by atoms with Crippen LogP contribution in [0.15, 0.2) is 60.0 Å². The number of thiazole rings is 1. The summed E-state index contributed by atoms with van der Waals surface area (Å²) in [5, 5.41) is 5.93. The van der Waals surface area contributed by atoms with Gasteiger partial charge in [-0.1, -0.05) is 24.3 Å². The fourth-order valence-electron chi connectivity index (χ4n) is 2.66. The summed E-state index contributed by atoms with van der Waals surface area (Å²) in [5.74, 6) is 1.49. The van der Waals surface area contributed by atoms with Crippen LogP contribution in [0.1, 0.15) is 21.8 Å². The third kappa shape index (κ3) is 6.76. The zero-order valence-corrected chi connectivity index (χ0v) is 17.4. The van der Waals surface area contributed by atoms with Crippen LogP contribution in [0, 0.1) is 6.92 Å². The number of hydrogen-bond donors (Lipinski definition) is 1. The number of aryl methyl sites for hydroxylation is 1. The number of nitrogens with zero attached hydrogens (tertiary/aromatic N) is 1. The first-order valence-electron chi connectivity index (χ1n) is 9.35. The zero-order valence-electron chi connectivity index (χ0n) is 16.6. The molecular weight excluding hydrogens is 384 g/mol. The van der Waals surface area contributed by atoms with Gasteiger partial charge in [0.25, 0.3) is 0 Å². The van der Waals surface area contributed by atoms with Crippen molar-refractivity contribution in [2.45, 2.75) is 20.0 Å². The maximum Gasteiger partial charge on any atom is 0.244 e. The molecule has 0 bridgehead atoms. The summed E-state index contributed by atoms with van der Waals surface area (Å²) in [6.07, 6.45) is 4.10. The van der Waals surface area contributed by atoms with E-state index in [9.17, 15) is 4.79 Å². The smallest absolute Gasteiger partial charge is 0.244 e. The van der Waals surface area contributed by atoms with E-state index in [1.807, 2.05) is 60.8 Å². The molecule has 1 N–H and O–H groups in total. The molecule has 1 amide bonds. The highest BCUT2D eigenvalue weighted by molar-refractivity contribution is 7.09. The van der Waals surface area contributed by atoms with E-state index in [2.05, 4.69) is 10.3 Å². The average Bonchev–Trinajstić information content (AvgIpc) is 3.17. The van der Waals surface area contributed by atoms with Crippen LogP contribution in [-0.4, -0.2) is 24.5 Å². The van der Waals surface area contributed by atoms with Crippen LogP contribution >= 0.6 is 11.3 Å². The van der Waals surface area contributed by atoms with E-state index in [0.29, 0.717) is 13.2 Å². The third-order valence-electron chi connectivity index (χ3n) is 4.23. The van der Waals surface area contributed by atoms with E-state index in [0.717, 1.165) is 39.7 Å². The van der Waals surface area contributed by atoms with Crippen molar-refractivity contribution in [3.05, 3.63) is 81.8 Å². The molecule has 1 heterocycles. The summed E-state index contributed by atoms with van der Waals surface area (Å²) in [5.41, 5.74) is 3.02. The highest BCUT2D eigenvalue weighted by Gasteiger charge is 2.01. The van der Waals surface area contributed by atoms with Gasteiger partial charge < -0.3 is 14.8 Å². The van der Waals surface area contributed by atoms with Crippen molar-refractivity contribution in [2.75, 3.05) is 13.7 Å². The number of ether oxygens (including phenoxy) is 2. The van der Waals surface area contributed by atoms with Crippen molar-refractivity contribution in [3.63, 3.8) is 0 Å². The molecule has 29 heavy (non-hydrogen) atoms. The first kappa shape index (κ1) is 20.6. The van der Waals surface area contributed by atoms with Gasteiger partial charge in [-0.25, -0.2) is 4.98 Å². The summed E-state index contributed by atoms with van der Waals surface area (Å²) in [7, 11) is 1.64. The molecule has 3 rings (SSSR count). The molecule has 0 aliphatic carbocycles. The molecular formula is C23H24N2O3S. The predicted octanol–water partition coefficient (Wildman–Crippen LogP) is 4.41. The van der Waals surface area contributed by atoms with Crippen molar-refractivity contribution in [2.24, 2.45) is 0 Å². The Morgan fingerprint density at radius 2 is 1.83 bits per heavy atom. The minimum Gasteiger partial charge on any atom is -0.497 e. The maximum absolute atomic E-state index is 12.0. The lowest BCUT2D eigenvalue weighted by Gasteiger charge is -2.05. The predicted molar refractivity (Wildman–Crippen MR) is 116 cm³/mol. The van der Waals surface area contributed by atoms with E-state index >= 15 is 0 Å². The quantitative estimate of drug-likeness (QED) is 0.533. The van der Waals surface area contributed by atoms with E-state index < -0.39 is 0 Å². The monoisotopic (exact) mass is 408 g/mol. The van der Waals surface area contributed by atoms with Crippen LogP contribution in [-0.2, 0) is 17.8 Å². The molecule has 0 radical (unpaired) electrons. The molecule has 0 fully saturated rings. The Morgan fingerprint density at radius 3 is 2.48 bits per heavy atom. The Bertz CT molecular complexity index is 947. The number of carbonyl (C=O) groups excluding carboxylic acids is 1. The van der Waals surface area contributed by atoms with Crippen molar-refractivity contribution >= 4 is 23.3 Å². The first-order chi connectivity index (χ1) is 14.1. The van der Waals surface area contributed by atoms with E-state index in [-0.39, 0.29) is 5.91 Å². The number of amides is 1. The Morgan fingerprint density at radius 1 is 1.10 bits per heavy atom. The minimum absolute atomic E-state index is 0.113. The molecule has 0 atom stereocenters. The second kappa shape index (κ2) is 10.4. The van der Waals surface area contributed by atoms with Crippen LogP contribution < -0.4 is 14.8 Å². The van der Waals surface area contributed by atoms with Gasteiger partial charge in [0.05, 0.1) is 17.8 Å². The number of aromatic nitrogens is 1. The minimum atomic E-state index is -0.113. The molecule has 5 nitrogen and oxygen atoms in total. The van der Waals surface area contributed by atoms with Crippen LogP contribution in [0.25, 0.3) is 6.08 Å². The van der Waals surface area contributed by atoms with Crippen molar-refractivity contribution in [3.8, 4) is 11.5 Å². The molecule has 3 aromatic rings. The number of hydrogen-bond acceptors (Lipinski definition) is 5. The van der Waals surface area contributed by atoms with Crippen LogP contribution in [0.5, 0.6) is 11.5 Å². The summed E-state index contributed by atoms with van der Waals surface area (Å²) < 4.78 is 10.9. The first-order valence-corrected chi connectivity index (χ1v) is 10.2. The topological polar surface area (TPSA) is 60.5 Å². The van der Waals surface area contributed by atoms with Gasteiger partial charge in [-0.05, 0) is 54.8 Å². The summed E-state index contributed by atoms with van der Waals surface area (Å²) in [4.78, 5) is 16.4. The Hall–Kier alpha value is -3.12. The summed E-state index contributed by atoms with van der Waals surface area (Å²) >= 11 is 1.61. The van der Waals surface area contributed by atoms with E-state index in [1.54, 1.807) is 30.6 Å². The van der Waals surface area contributed by atoms with Gasteiger partial charge in [0.2, 0.25) is 5.91 Å². The van der Waals surface area contributed by atoms with Gasteiger partial charge in [0, 0.05) is 18.0 Å². The number of methoxy groups -OCH3 is 1. The highest BCUT2D eigenvalue weighted by Crippen LogP contribution is 2.16. The molecule has 0 aliphatic rings. The van der Waals surface area contributed by atoms with Crippen molar-refractivity contribution in [1.29, 1.82) is 0 Å². The molecule has 2 aromatic carbocycles. The second-order valence-electron chi connectivity index (χ2n) is 6.44. The Kier molecular flexibility index (Phi) is 7.41. The van der Waals surface area contributed by atoms with E-state index in [4.69, 9.17) is 9.47 Å². The Balaban J connectivity index is 1.40. The fraction of sp³-hybridized carbons (Fsp3) is 0.217. The van der Waals surface area contributed by atoms with Crippen LogP contribution in [0.2, 0.25) is 0 Å². The number of benzene rings is 2. The molecule has 0 saturated carbocycles. The van der Waals surface area contributed by atoms with Crippen molar-refractivity contribution < 1.29 is 14.3 Å². The lowest BCUT2D eigenvalue weighted by atomic mass is 10.1. The molecule has 1 aromatic heterocycles. The van der Waals surface area contributed by atoms with Crippen molar-refractivity contribution in [1.82, 2.24) is 10.3 Å². The lowest BCUT2D eigenvalue weighted by molar-refractivity contribution is -0.116. The second-order valence-corrected chi connectivity index (χ2v) is 7.50. The van der Waals surface area contributed by atoms with Crippen LogP contribution in [0.4, 0.5) is 0 Å². The van der Waals surface area contributed by atoms with Gasteiger partial charge in [-0.3, -0.25) is 4.79 Å². The summed E-state index contributed by atoms with van der Waals surface area (Å²) in [6.45, 7) is 3.01. The van der Waals surface area contributed by atoms with Gasteiger partial charge in [0.15, 0.2) is 0 Å². The van der Waals surface area contributed by atoms with Gasteiger partial charge >= 0.3 is 0 Å². The Labute approximate surface area is 175 Å². The molecule has 150 valence electrons. The average molecular weight is 409 g/mol. The lowest BCUT2D eigenvalue weighted by Crippen LogP contribution is -2.23. The largest absolute Gasteiger partial charge is 0.497 e. The summed E-state index contributed by atoms with van der Waals surface area (Å²) in [6, 6.07) is 15.5. The standard InChI is InChI=1S/C23H24N2O3S/c1-17-25-20(16-29-17)15-28-22-10-5-18(6-11-22)7-12-23(26)24-14-13-19-3-8-21(27-2)9-4-19/h3-12,16H,13-15H2,1-2H3,(H,24,26)/b12-7+. The van der Waals surface area contributed by atoms with Gasteiger partial charge in [0.1, 0.15) is 18.1 Å². The molecule has 6 heteroatoms. The maximum atomic E-state index is 12.0. The number of carbonyl (C=O) groups is 1. The highest BCUT2D eigenvalue weighted by atomic mass is 32.1. The normalized spacial score (nSPS) is 10.8. The molecule has 0 unspecified atom stereocenters. The zero-order chi connectivity index (χ0) is 20.5. The van der Waals surface area contributed by atoms with Gasteiger partial charge in [-0.15, -0.1) is 11.3 Å². The fourth-order valence-corrected chi connectivity index (χ4v) is 3.26.